The van der Waals surface area contributed by atoms with Crippen molar-refractivity contribution in [3.05, 3.63) is 35.4 Å². The zero-order valence-electron chi connectivity index (χ0n) is 9.08. The minimum atomic E-state index is -1.04. The summed E-state index contributed by atoms with van der Waals surface area (Å²) in [6.07, 6.45) is 0. The molecule has 0 radical (unpaired) electrons. The number of rotatable bonds is 4. The third-order valence-electron chi connectivity index (χ3n) is 1.93. The van der Waals surface area contributed by atoms with Gasteiger partial charge in [-0.1, -0.05) is 12.1 Å². The molecular weight excluding hydrogens is 224 g/mol. The maximum absolute atomic E-state index is 11.8. The van der Waals surface area contributed by atoms with Crippen molar-refractivity contribution in [3.8, 4) is 5.75 Å². The summed E-state index contributed by atoms with van der Waals surface area (Å²) in [5.41, 5.74) is 7.73. The van der Waals surface area contributed by atoms with Crippen molar-refractivity contribution in [2.24, 2.45) is 0 Å². The molecule has 0 atom stereocenters. The second kappa shape index (κ2) is 5.58. The van der Waals surface area contributed by atoms with E-state index >= 15 is 0 Å². The van der Waals surface area contributed by atoms with Crippen molar-refractivity contribution in [3.63, 3.8) is 0 Å². The number of Topliss-reactive ketones (excluding diaryl/α,β-unsaturated/α-hetero) is 1. The molecule has 1 aromatic rings. The van der Waals surface area contributed by atoms with Gasteiger partial charge in [-0.05, 0) is 19.1 Å². The molecule has 0 aliphatic rings. The summed E-state index contributed by atoms with van der Waals surface area (Å²) in [6, 6.07) is 5.62. The largest absolute Gasteiger partial charge is 0.507 e. The molecule has 0 spiro atoms. The standard InChI is InChI=1S/C11H10N2O4/c1-2-17-11(16)9(13-12)10(15)7-5-3-4-6-8(7)14/h3-6,14H,2H2,1H3. The lowest BCUT2D eigenvalue weighted by Crippen LogP contribution is -2.27. The number of aromatic hydroxyl groups is 1. The van der Waals surface area contributed by atoms with Crippen LogP contribution in [-0.2, 0) is 9.53 Å². The van der Waals surface area contributed by atoms with Gasteiger partial charge in [0.25, 0.3) is 5.78 Å². The van der Waals surface area contributed by atoms with Crippen LogP contribution in [0, 0.1) is 0 Å². The molecule has 0 aliphatic carbocycles. The van der Waals surface area contributed by atoms with Gasteiger partial charge in [-0.3, -0.25) is 4.79 Å². The van der Waals surface area contributed by atoms with Crippen LogP contribution in [0.2, 0.25) is 0 Å². The van der Waals surface area contributed by atoms with Crippen molar-refractivity contribution in [1.29, 1.82) is 0 Å². The van der Waals surface area contributed by atoms with E-state index in [-0.39, 0.29) is 17.9 Å². The van der Waals surface area contributed by atoms with Crippen LogP contribution in [0.1, 0.15) is 17.3 Å². The summed E-state index contributed by atoms with van der Waals surface area (Å²) in [5, 5.41) is 9.43. The summed E-state index contributed by atoms with van der Waals surface area (Å²) in [7, 11) is 0. The molecule has 17 heavy (non-hydrogen) atoms. The molecule has 6 nitrogen and oxygen atoms in total. The summed E-state index contributed by atoms with van der Waals surface area (Å²) >= 11 is 0. The van der Waals surface area contributed by atoms with Gasteiger partial charge in [-0.15, -0.1) is 0 Å². The van der Waals surface area contributed by atoms with E-state index < -0.39 is 17.5 Å². The van der Waals surface area contributed by atoms with Crippen LogP contribution in [0.15, 0.2) is 24.3 Å². The lowest BCUT2D eigenvalue weighted by Gasteiger charge is -2.00. The average Bonchev–Trinajstić information content (AvgIpc) is 2.30. The summed E-state index contributed by atoms with van der Waals surface area (Å²) in [4.78, 5) is 25.7. The van der Waals surface area contributed by atoms with Crippen LogP contribution in [0.25, 0.3) is 5.53 Å². The average molecular weight is 234 g/mol. The van der Waals surface area contributed by atoms with Crippen LogP contribution >= 0.6 is 0 Å². The van der Waals surface area contributed by atoms with Crippen LogP contribution in [0.4, 0.5) is 0 Å². The Morgan fingerprint density at radius 3 is 2.59 bits per heavy atom. The molecule has 0 saturated carbocycles. The number of nitrogens with zero attached hydrogens (tertiary/aromatic N) is 2. The Morgan fingerprint density at radius 1 is 1.41 bits per heavy atom. The summed E-state index contributed by atoms with van der Waals surface area (Å²) in [6.45, 7) is 1.60. The predicted octanol–water partition coefficient (Wildman–Crippen LogP) is 0.809. The fraction of sp³-hybridized carbons (Fsp3) is 0.182. The highest BCUT2D eigenvalue weighted by Crippen LogP contribution is 2.16. The number of carbonyl (C=O) groups excluding carboxylic acids is 2. The number of phenolic OH excluding ortho intramolecular Hbond substituents is 1. The number of ether oxygens (including phenoxy) is 1. The lowest BCUT2D eigenvalue weighted by molar-refractivity contribution is -0.139. The van der Waals surface area contributed by atoms with E-state index in [0.717, 1.165) is 0 Å². The molecular formula is C11H10N2O4. The zero-order chi connectivity index (χ0) is 12.8. The Kier molecular flexibility index (Phi) is 4.14. The molecule has 1 aromatic carbocycles. The Hall–Kier alpha value is -2.46. The quantitative estimate of drug-likeness (QED) is 0.208. The molecule has 0 fully saturated rings. The van der Waals surface area contributed by atoms with Gasteiger partial charge in [0.1, 0.15) is 5.75 Å². The molecule has 0 aromatic heterocycles. The van der Waals surface area contributed by atoms with Gasteiger partial charge >= 0.3 is 11.7 Å². The van der Waals surface area contributed by atoms with Gasteiger partial charge in [0, 0.05) is 0 Å². The Labute approximate surface area is 97.1 Å². The summed E-state index contributed by atoms with van der Waals surface area (Å²) in [5.74, 6) is -2.24. The minimum Gasteiger partial charge on any atom is -0.507 e. The maximum atomic E-state index is 11.8. The van der Waals surface area contributed by atoms with Crippen LogP contribution in [0.3, 0.4) is 0 Å². The monoisotopic (exact) mass is 234 g/mol. The highest BCUT2D eigenvalue weighted by molar-refractivity contribution is 6.65. The van der Waals surface area contributed by atoms with E-state index in [1.165, 1.54) is 24.3 Å². The van der Waals surface area contributed by atoms with Crippen LogP contribution in [-0.4, -0.2) is 34.0 Å². The Morgan fingerprint density at radius 2 is 2.06 bits per heavy atom. The van der Waals surface area contributed by atoms with Crippen molar-refractivity contribution >= 4 is 17.5 Å². The molecule has 1 rings (SSSR count). The number of para-hydroxylation sites is 1. The molecule has 0 bridgehead atoms. The molecule has 1 N–H and O–H groups in total. The van der Waals surface area contributed by atoms with E-state index in [0.29, 0.717) is 0 Å². The van der Waals surface area contributed by atoms with Crippen LogP contribution < -0.4 is 0 Å². The van der Waals surface area contributed by atoms with Gasteiger partial charge in [0.15, 0.2) is 0 Å². The normalized spacial score (nSPS) is 9.24. The number of carbonyl (C=O) groups is 2. The van der Waals surface area contributed by atoms with E-state index in [2.05, 4.69) is 9.53 Å². The number of hydrogen-bond acceptors (Lipinski definition) is 4. The predicted molar refractivity (Wildman–Crippen MR) is 57.7 cm³/mol. The van der Waals surface area contributed by atoms with E-state index in [9.17, 15) is 14.7 Å². The highest BCUT2D eigenvalue weighted by Gasteiger charge is 2.33. The fourth-order valence-corrected chi connectivity index (χ4v) is 1.17. The topological polar surface area (TPSA) is 100 Å². The van der Waals surface area contributed by atoms with Gasteiger partial charge < -0.3 is 15.4 Å². The minimum absolute atomic E-state index is 0.0475. The van der Waals surface area contributed by atoms with E-state index in [1.54, 1.807) is 6.92 Å². The number of hydrogen-bond donors (Lipinski definition) is 1. The van der Waals surface area contributed by atoms with Crippen LogP contribution in [0.5, 0.6) is 5.75 Å². The van der Waals surface area contributed by atoms with Crippen molar-refractivity contribution in [1.82, 2.24) is 0 Å². The van der Waals surface area contributed by atoms with Gasteiger partial charge in [0.2, 0.25) is 0 Å². The third-order valence-corrected chi connectivity index (χ3v) is 1.93. The number of phenols is 1. The lowest BCUT2D eigenvalue weighted by atomic mass is 10.1. The van der Waals surface area contributed by atoms with Gasteiger partial charge in [-0.2, -0.15) is 4.79 Å². The highest BCUT2D eigenvalue weighted by atomic mass is 16.5. The van der Waals surface area contributed by atoms with E-state index in [1.807, 2.05) is 0 Å². The number of benzene rings is 1. The van der Waals surface area contributed by atoms with Crippen molar-refractivity contribution < 1.29 is 24.2 Å². The third kappa shape index (κ3) is 2.76. The summed E-state index contributed by atoms with van der Waals surface area (Å²) < 4.78 is 4.55. The first kappa shape index (κ1) is 12.6. The number of ketones is 1. The first-order chi connectivity index (χ1) is 8.11. The first-order valence-corrected chi connectivity index (χ1v) is 4.83. The Bertz CT molecular complexity index is 504. The smallest absolute Gasteiger partial charge is 0.446 e. The second-order valence-corrected chi connectivity index (χ2v) is 3.02. The zero-order valence-corrected chi connectivity index (χ0v) is 9.08. The van der Waals surface area contributed by atoms with Crippen molar-refractivity contribution in [2.75, 3.05) is 6.61 Å². The van der Waals surface area contributed by atoms with E-state index in [4.69, 9.17) is 5.53 Å². The van der Waals surface area contributed by atoms with Crippen molar-refractivity contribution in [2.45, 2.75) is 6.92 Å². The molecule has 6 heteroatoms. The maximum Gasteiger partial charge on any atom is 0.446 e. The molecule has 0 saturated heterocycles. The second-order valence-electron chi connectivity index (χ2n) is 3.02. The Balaban J connectivity index is 3.08. The van der Waals surface area contributed by atoms with Gasteiger partial charge in [-0.25, -0.2) is 4.79 Å². The SMILES string of the molecule is CCOC(=O)C(=[N+]=[N-])C(=O)c1ccccc1O. The molecule has 0 heterocycles. The molecule has 0 amide bonds. The molecule has 88 valence electrons. The number of esters is 1. The molecule has 0 aliphatic heterocycles. The fourth-order valence-electron chi connectivity index (χ4n) is 1.17. The molecule has 0 unspecified atom stereocenters. The van der Waals surface area contributed by atoms with Gasteiger partial charge in [0.05, 0.1) is 12.2 Å². The first-order valence-electron chi connectivity index (χ1n) is 4.83.